The number of thioether (sulfide) groups is 1. The van der Waals surface area contributed by atoms with Gasteiger partial charge in [0.1, 0.15) is 5.82 Å². The lowest BCUT2D eigenvalue weighted by Gasteiger charge is -2.14. The van der Waals surface area contributed by atoms with Crippen LogP contribution < -0.4 is 5.56 Å². The molecule has 2 aromatic rings. The molecule has 0 saturated carbocycles. The summed E-state index contributed by atoms with van der Waals surface area (Å²) in [6.45, 7) is 0. The van der Waals surface area contributed by atoms with Crippen LogP contribution in [-0.2, 0) is 12.2 Å². The van der Waals surface area contributed by atoms with Crippen LogP contribution >= 0.6 is 11.8 Å². The SMILES string of the molecule is O=c1[nH]c(-c2cccc([N+](=O)[O-])c2)nc2c1CSCC2. The summed E-state index contributed by atoms with van der Waals surface area (Å²) in [6, 6.07) is 6.12. The average molecular weight is 289 g/mol. The van der Waals surface area contributed by atoms with Gasteiger partial charge < -0.3 is 4.98 Å². The summed E-state index contributed by atoms with van der Waals surface area (Å²) >= 11 is 1.71. The molecule has 1 aromatic carbocycles. The van der Waals surface area contributed by atoms with Crippen molar-refractivity contribution in [2.45, 2.75) is 12.2 Å². The van der Waals surface area contributed by atoms with Crippen molar-refractivity contribution in [2.24, 2.45) is 0 Å². The molecule has 0 radical (unpaired) electrons. The maximum absolute atomic E-state index is 12.0. The molecule has 3 rings (SSSR count). The van der Waals surface area contributed by atoms with E-state index in [0.717, 1.165) is 23.4 Å². The van der Waals surface area contributed by atoms with E-state index in [4.69, 9.17) is 0 Å². The van der Waals surface area contributed by atoms with Crippen LogP contribution in [0.3, 0.4) is 0 Å². The van der Waals surface area contributed by atoms with Crippen LogP contribution in [-0.4, -0.2) is 20.6 Å². The van der Waals surface area contributed by atoms with Crippen LogP contribution in [0.15, 0.2) is 29.1 Å². The third kappa shape index (κ3) is 2.32. The number of hydrogen-bond donors (Lipinski definition) is 1. The van der Waals surface area contributed by atoms with Crippen molar-refractivity contribution in [3.8, 4) is 11.4 Å². The summed E-state index contributed by atoms with van der Waals surface area (Å²) in [5, 5.41) is 10.8. The second-order valence-electron chi connectivity index (χ2n) is 4.45. The molecular weight excluding hydrogens is 278 g/mol. The molecule has 1 aromatic heterocycles. The molecule has 1 N–H and O–H groups in total. The summed E-state index contributed by atoms with van der Waals surface area (Å²) in [6.07, 6.45) is 0.756. The maximum atomic E-state index is 12.0. The molecular formula is C13H11N3O3S. The van der Waals surface area contributed by atoms with E-state index in [1.807, 2.05) is 0 Å². The van der Waals surface area contributed by atoms with E-state index in [-0.39, 0.29) is 11.2 Å². The summed E-state index contributed by atoms with van der Waals surface area (Å²) in [5.74, 6) is 2.01. The Hall–Kier alpha value is -2.15. The molecule has 0 bridgehead atoms. The van der Waals surface area contributed by atoms with Crippen LogP contribution in [0, 0.1) is 10.1 Å². The first-order valence-electron chi connectivity index (χ1n) is 6.10. The van der Waals surface area contributed by atoms with Crippen LogP contribution in [0.2, 0.25) is 0 Å². The van der Waals surface area contributed by atoms with Gasteiger partial charge in [0, 0.05) is 29.0 Å². The molecule has 0 aliphatic carbocycles. The standard InChI is InChI=1S/C13H11N3O3S/c17-13-10-7-20-5-4-11(10)14-12(15-13)8-2-1-3-9(6-8)16(18)19/h1-3,6H,4-5,7H2,(H,14,15,17). The minimum absolute atomic E-state index is 0.0153. The van der Waals surface area contributed by atoms with Gasteiger partial charge in [0.15, 0.2) is 0 Å². The number of non-ortho nitro benzene ring substituents is 1. The van der Waals surface area contributed by atoms with Gasteiger partial charge in [0.25, 0.3) is 11.2 Å². The fraction of sp³-hybridized carbons (Fsp3) is 0.231. The minimum Gasteiger partial charge on any atom is -0.306 e. The zero-order chi connectivity index (χ0) is 14.1. The number of nitro benzene ring substituents is 1. The lowest BCUT2D eigenvalue weighted by Crippen LogP contribution is -2.21. The van der Waals surface area contributed by atoms with Gasteiger partial charge in [-0.1, -0.05) is 12.1 Å². The summed E-state index contributed by atoms with van der Waals surface area (Å²) in [5.41, 5.74) is 1.91. The molecule has 1 aliphatic heterocycles. The van der Waals surface area contributed by atoms with Gasteiger partial charge >= 0.3 is 0 Å². The van der Waals surface area contributed by atoms with Crippen molar-refractivity contribution in [1.82, 2.24) is 9.97 Å². The smallest absolute Gasteiger partial charge is 0.270 e. The number of aryl methyl sites for hydroxylation is 1. The molecule has 102 valence electrons. The van der Waals surface area contributed by atoms with E-state index in [2.05, 4.69) is 9.97 Å². The lowest BCUT2D eigenvalue weighted by molar-refractivity contribution is -0.384. The Morgan fingerprint density at radius 2 is 2.25 bits per heavy atom. The van der Waals surface area contributed by atoms with Crippen molar-refractivity contribution >= 4 is 17.4 Å². The number of hydrogen-bond acceptors (Lipinski definition) is 5. The number of nitro groups is 1. The predicted octanol–water partition coefficient (Wildman–Crippen LogP) is 2.13. The number of nitrogens with one attached hydrogen (secondary N) is 1. The van der Waals surface area contributed by atoms with Crippen molar-refractivity contribution in [2.75, 3.05) is 5.75 Å². The van der Waals surface area contributed by atoms with Gasteiger partial charge in [-0.25, -0.2) is 4.98 Å². The quantitative estimate of drug-likeness (QED) is 0.675. The normalized spacial score (nSPS) is 13.8. The number of benzene rings is 1. The molecule has 20 heavy (non-hydrogen) atoms. The van der Waals surface area contributed by atoms with E-state index >= 15 is 0 Å². The Labute approximate surface area is 118 Å². The van der Waals surface area contributed by atoms with Gasteiger partial charge in [-0.05, 0) is 12.2 Å². The van der Waals surface area contributed by atoms with E-state index in [1.54, 1.807) is 23.9 Å². The first-order chi connectivity index (χ1) is 9.65. The first kappa shape index (κ1) is 12.9. The van der Waals surface area contributed by atoms with Crippen molar-refractivity contribution in [1.29, 1.82) is 0 Å². The maximum Gasteiger partial charge on any atom is 0.270 e. The van der Waals surface area contributed by atoms with Gasteiger partial charge in [-0.3, -0.25) is 14.9 Å². The molecule has 0 unspecified atom stereocenters. The largest absolute Gasteiger partial charge is 0.306 e. The Bertz CT molecular complexity index is 742. The number of fused-ring (bicyclic) bond motifs is 1. The Kier molecular flexibility index (Phi) is 3.27. The molecule has 1 aliphatic rings. The highest BCUT2D eigenvalue weighted by Gasteiger charge is 2.17. The highest BCUT2D eigenvalue weighted by Crippen LogP contribution is 2.24. The number of aromatic nitrogens is 2. The zero-order valence-corrected chi connectivity index (χ0v) is 11.3. The topological polar surface area (TPSA) is 88.9 Å². The summed E-state index contributed by atoms with van der Waals surface area (Å²) in [4.78, 5) is 29.5. The monoisotopic (exact) mass is 289 g/mol. The Morgan fingerprint density at radius 1 is 1.40 bits per heavy atom. The lowest BCUT2D eigenvalue weighted by atomic mass is 10.1. The predicted molar refractivity (Wildman–Crippen MR) is 76.8 cm³/mol. The van der Waals surface area contributed by atoms with Crippen LogP contribution in [0.5, 0.6) is 0 Å². The summed E-state index contributed by atoms with van der Waals surface area (Å²) < 4.78 is 0. The average Bonchev–Trinajstić information content (AvgIpc) is 2.47. The molecule has 0 saturated heterocycles. The van der Waals surface area contributed by atoms with E-state index < -0.39 is 4.92 Å². The molecule has 0 fully saturated rings. The van der Waals surface area contributed by atoms with Gasteiger partial charge in [0.05, 0.1) is 10.6 Å². The van der Waals surface area contributed by atoms with Crippen molar-refractivity contribution < 1.29 is 4.92 Å². The molecule has 0 spiro atoms. The second-order valence-corrected chi connectivity index (χ2v) is 5.55. The van der Waals surface area contributed by atoms with Crippen LogP contribution in [0.1, 0.15) is 11.3 Å². The highest BCUT2D eigenvalue weighted by atomic mass is 32.2. The first-order valence-corrected chi connectivity index (χ1v) is 7.25. The van der Waals surface area contributed by atoms with Crippen molar-refractivity contribution in [3.05, 3.63) is 56.0 Å². The molecule has 2 heterocycles. The third-order valence-corrected chi connectivity index (χ3v) is 4.15. The Morgan fingerprint density at radius 3 is 3.05 bits per heavy atom. The second kappa shape index (κ2) is 5.09. The zero-order valence-electron chi connectivity index (χ0n) is 10.5. The van der Waals surface area contributed by atoms with E-state index in [0.29, 0.717) is 17.1 Å². The molecule has 0 amide bonds. The highest BCUT2D eigenvalue weighted by molar-refractivity contribution is 7.98. The number of nitrogens with zero attached hydrogens (tertiary/aromatic N) is 2. The number of aromatic amines is 1. The minimum atomic E-state index is -0.462. The number of H-pyrrole nitrogens is 1. The number of rotatable bonds is 2. The van der Waals surface area contributed by atoms with Crippen LogP contribution in [0.25, 0.3) is 11.4 Å². The summed E-state index contributed by atoms with van der Waals surface area (Å²) in [7, 11) is 0. The third-order valence-electron chi connectivity index (χ3n) is 3.16. The van der Waals surface area contributed by atoms with Gasteiger partial charge in [-0.15, -0.1) is 0 Å². The molecule has 7 heteroatoms. The van der Waals surface area contributed by atoms with Gasteiger partial charge in [-0.2, -0.15) is 11.8 Å². The molecule has 6 nitrogen and oxygen atoms in total. The Balaban J connectivity index is 2.11. The fourth-order valence-corrected chi connectivity index (χ4v) is 3.13. The van der Waals surface area contributed by atoms with E-state index in [9.17, 15) is 14.9 Å². The van der Waals surface area contributed by atoms with Crippen molar-refractivity contribution in [3.63, 3.8) is 0 Å². The van der Waals surface area contributed by atoms with Crippen LogP contribution in [0.4, 0.5) is 5.69 Å². The van der Waals surface area contributed by atoms with E-state index in [1.165, 1.54) is 12.1 Å². The molecule has 0 atom stereocenters. The van der Waals surface area contributed by atoms with Gasteiger partial charge in [0.2, 0.25) is 0 Å². The fourth-order valence-electron chi connectivity index (χ4n) is 2.15.